The van der Waals surface area contributed by atoms with Crippen LogP contribution in [0.1, 0.15) is 6.92 Å². The molecule has 0 aliphatic carbocycles. The zero-order valence-corrected chi connectivity index (χ0v) is 10.6. The summed E-state index contributed by atoms with van der Waals surface area (Å²) >= 11 is 6.00. The summed E-state index contributed by atoms with van der Waals surface area (Å²) in [6.45, 7) is 4.95. The zero-order chi connectivity index (χ0) is 12.1. The third-order valence-electron chi connectivity index (χ3n) is 2.61. The first-order valence-electron chi connectivity index (χ1n) is 5.78. The maximum absolute atomic E-state index is 6.00. The summed E-state index contributed by atoms with van der Waals surface area (Å²) in [7, 11) is 0. The van der Waals surface area contributed by atoms with Gasteiger partial charge in [-0.2, -0.15) is 0 Å². The minimum Gasteiger partial charge on any atom is -0.329 e. The molecule has 0 amide bonds. The van der Waals surface area contributed by atoms with E-state index in [1.54, 1.807) is 0 Å². The van der Waals surface area contributed by atoms with Crippen molar-refractivity contribution in [3.05, 3.63) is 41.8 Å². The molecule has 0 atom stereocenters. The average molecular weight is 250 g/mol. The number of likely N-dealkylation sites (N-methyl/N-ethyl adjacent to an activating group) is 1. The molecule has 0 spiro atoms. The molecule has 0 aliphatic rings. The molecule has 17 heavy (non-hydrogen) atoms. The maximum Gasteiger partial charge on any atom is 0.0951 e. The van der Waals surface area contributed by atoms with Crippen LogP contribution in [0.15, 0.2) is 36.8 Å². The van der Waals surface area contributed by atoms with Gasteiger partial charge in [-0.05, 0) is 18.7 Å². The fourth-order valence-corrected chi connectivity index (χ4v) is 1.95. The second-order valence-corrected chi connectivity index (χ2v) is 4.27. The van der Waals surface area contributed by atoms with Crippen LogP contribution in [0.4, 0.5) is 0 Å². The number of aromatic nitrogens is 2. The van der Waals surface area contributed by atoms with Crippen LogP contribution >= 0.6 is 11.6 Å². The normalized spacial score (nSPS) is 10.7. The topological polar surface area (TPSA) is 29.9 Å². The van der Waals surface area contributed by atoms with Crippen LogP contribution in [-0.4, -0.2) is 22.6 Å². The Balaban J connectivity index is 2.18. The molecule has 0 fully saturated rings. The van der Waals surface area contributed by atoms with Crippen molar-refractivity contribution >= 4 is 11.6 Å². The van der Waals surface area contributed by atoms with E-state index < -0.39 is 0 Å². The summed E-state index contributed by atoms with van der Waals surface area (Å²) in [6, 6.07) is 7.85. The SMILES string of the molecule is CCNCCn1cncc1-c1cccc(Cl)c1. The molecule has 4 heteroatoms. The van der Waals surface area contributed by atoms with Crippen molar-refractivity contribution in [1.29, 1.82) is 0 Å². The van der Waals surface area contributed by atoms with Gasteiger partial charge < -0.3 is 9.88 Å². The van der Waals surface area contributed by atoms with Gasteiger partial charge in [-0.15, -0.1) is 0 Å². The third kappa shape index (κ3) is 3.08. The van der Waals surface area contributed by atoms with Crippen molar-refractivity contribution in [2.45, 2.75) is 13.5 Å². The molecular formula is C13H16ClN3. The molecule has 90 valence electrons. The van der Waals surface area contributed by atoms with Crippen LogP contribution < -0.4 is 5.32 Å². The van der Waals surface area contributed by atoms with Gasteiger partial charge in [-0.3, -0.25) is 0 Å². The van der Waals surface area contributed by atoms with E-state index in [9.17, 15) is 0 Å². The molecule has 1 N–H and O–H groups in total. The quantitative estimate of drug-likeness (QED) is 0.826. The van der Waals surface area contributed by atoms with Gasteiger partial charge in [0.1, 0.15) is 0 Å². The van der Waals surface area contributed by atoms with Gasteiger partial charge in [0.05, 0.1) is 18.2 Å². The number of hydrogen-bond donors (Lipinski definition) is 1. The highest BCUT2D eigenvalue weighted by atomic mass is 35.5. The van der Waals surface area contributed by atoms with Crippen molar-refractivity contribution in [2.24, 2.45) is 0 Å². The fraction of sp³-hybridized carbons (Fsp3) is 0.308. The monoisotopic (exact) mass is 249 g/mol. The Bertz CT molecular complexity index is 479. The molecule has 1 aromatic carbocycles. The van der Waals surface area contributed by atoms with Crippen molar-refractivity contribution in [3.63, 3.8) is 0 Å². The molecule has 2 rings (SSSR count). The minimum absolute atomic E-state index is 0.752. The second-order valence-electron chi connectivity index (χ2n) is 3.84. The Morgan fingerprint density at radius 1 is 1.41 bits per heavy atom. The van der Waals surface area contributed by atoms with Gasteiger partial charge in [0.25, 0.3) is 0 Å². The van der Waals surface area contributed by atoms with Crippen LogP contribution in [0.5, 0.6) is 0 Å². The summed E-state index contributed by atoms with van der Waals surface area (Å²) in [5.41, 5.74) is 2.21. The Labute approximate surface area is 106 Å². The molecule has 0 bridgehead atoms. The van der Waals surface area contributed by atoms with E-state index in [1.807, 2.05) is 36.8 Å². The third-order valence-corrected chi connectivity index (χ3v) is 2.85. The summed E-state index contributed by atoms with van der Waals surface area (Å²) in [5.74, 6) is 0. The van der Waals surface area contributed by atoms with Crippen LogP contribution in [0.2, 0.25) is 5.02 Å². The smallest absolute Gasteiger partial charge is 0.0951 e. The number of benzene rings is 1. The zero-order valence-electron chi connectivity index (χ0n) is 9.86. The fourth-order valence-electron chi connectivity index (χ4n) is 1.76. The Morgan fingerprint density at radius 2 is 2.29 bits per heavy atom. The van der Waals surface area contributed by atoms with Crippen LogP contribution in [-0.2, 0) is 6.54 Å². The predicted octanol–water partition coefficient (Wildman–Crippen LogP) is 2.81. The summed E-state index contributed by atoms with van der Waals surface area (Å²) in [6.07, 6.45) is 3.73. The number of nitrogens with zero attached hydrogens (tertiary/aromatic N) is 2. The molecule has 1 aromatic heterocycles. The van der Waals surface area contributed by atoms with Crippen molar-refractivity contribution in [1.82, 2.24) is 14.9 Å². The second kappa shape index (κ2) is 5.84. The lowest BCUT2D eigenvalue weighted by Gasteiger charge is -2.08. The predicted molar refractivity (Wildman–Crippen MR) is 71.2 cm³/mol. The number of nitrogens with one attached hydrogen (secondary N) is 1. The number of rotatable bonds is 5. The first kappa shape index (κ1) is 12.1. The van der Waals surface area contributed by atoms with E-state index in [0.717, 1.165) is 35.9 Å². The first-order valence-corrected chi connectivity index (χ1v) is 6.16. The van der Waals surface area contributed by atoms with E-state index >= 15 is 0 Å². The van der Waals surface area contributed by atoms with Gasteiger partial charge in [0, 0.05) is 23.7 Å². The molecule has 0 saturated heterocycles. The van der Waals surface area contributed by atoms with Gasteiger partial charge in [0.2, 0.25) is 0 Å². The lowest BCUT2D eigenvalue weighted by molar-refractivity contribution is 0.616. The summed E-state index contributed by atoms with van der Waals surface area (Å²) < 4.78 is 2.13. The highest BCUT2D eigenvalue weighted by Crippen LogP contribution is 2.22. The van der Waals surface area contributed by atoms with Crippen molar-refractivity contribution in [2.75, 3.05) is 13.1 Å². The highest BCUT2D eigenvalue weighted by Gasteiger charge is 2.04. The molecule has 0 radical (unpaired) electrons. The molecule has 2 aromatic rings. The van der Waals surface area contributed by atoms with Crippen molar-refractivity contribution in [3.8, 4) is 11.3 Å². The molecule has 1 heterocycles. The van der Waals surface area contributed by atoms with Gasteiger partial charge in [0.15, 0.2) is 0 Å². The average Bonchev–Trinajstić information content (AvgIpc) is 2.78. The van der Waals surface area contributed by atoms with Gasteiger partial charge >= 0.3 is 0 Å². The lowest BCUT2D eigenvalue weighted by atomic mass is 10.2. The summed E-state index contributed by atoms with van der Waals surface area (Å²) in [4.78, 5) is 4.20. The molecular weight excluding hydrogens is 234 g/mol. The van der Waals surface area contributed by atoms with Gasteiger partial charge in [-0.1, -0.05) is 30.7 Å². The number of halogens is 1. The van der Waals surface area contributed by atoms with Crippen LogP contribution in [0.25, 0.3) is 11.3 Å². The van der Waals surface area contributed by atoms with E-state index in [2.05, 4.69) is 21.8 Å². The van der Waals surface area contributed by atoms with Crippen LogP contribution in [0.3, 0.4) is 0 Å². The van der Waals surface area contributed by atoms with E-state index in [1.165, 1.54) is 0 Å². The first-order chi connectivity index (χ1) is 8.31. The molecule has 0 unspecified atom stereocenters. The number of imidazole rings is 1. The summed E-state index contributed by atoms with van der Waals surface area (Å²) in [5, 5.41) is 4.05. The molecule has 0 saturated carbocycles. The van der Waals surface area contributed by atoms with E-state index in [4.69, 9.17) is 11.6 Å². The highest BCUT2D eigenvalue weighted by molar-refractivity contribution is 6.30. The van der Waals surface area contributed by atoms with E-state index in [0.29, 0.717) is 0 Å². The lowest BCUT2D eigenvalue weighted by Crippen LogP contribution is -2.19. The van der Waals surface area contributed by atoms with E-state index in [-0.39, 0.29) is 0 Å². The van der Waals surface area contributed by atoms with Crippen LogP contribution in [0, 0.1) is 0 Å². The maximum atomic E-state index is 6.00. The Hall–Kier alpha value is -1.32. The standard InChI is InChI=1S/C13H16ClN3/c1-2-15-6-7-17-10-16-9-13(17)11-4-3-5-12(14)8-11/h3-5,8-10,15H,2,6-7H2,1H3. The molecule has 0 aliphatic heterocycles. The Kier molecular flexibility index (Phi) is 4.18. The minimum atomic E-state index is 0.752. The Morgan fingerprint density at radius 3 is 3.06 bits per heavy atom. The van der Waals surface area contributed by atoms with Crippen molar-refractivity contribution < 1.29 is 0 Å². The van der Waals surface area contributed by atoms with Gasteiger partial charge in [-0.25, -0.2) is 4.98 Å². The molecule has 3 nitrogen and oxygen atoms in total. The number of hydrogen-bond acceptors (Lipinski definition) is 2. The largest absolute Gasteiger partial charge is 0.329 e.